The molecule has 2 atom stereocenters. The van der Waals surface area contributed by atoms with Crippen LogP contribution in [0, 0.1) is 5.92 Å². The van der Waals surface area contributed by atoms with Gasteiger partial charge in [-0.1, -0.05) is 13.8 Å². The average Bonchev–Trinajstić information content (AvgIpc) is 2.14. The lowest BCUT2D eigenvalue weighted by molar-refractivity contribution is -0.0195. The van der Waals surface area contributed by atoms with Gasteiger partial charge in [0.2, 0.25) is 0 Å². The van der Waals surface area contributed by atoms with Crippen LogP contribution in [0.4, 0.5) is 0 Å². The molecule has 0 saturated carbocycles. The fraction of sp³-hybridized carbons (Fsp3) is 1.00. The molecule has 14 heavy (non-hydrogen) atoms. The second-order valence-electron chi connectivity index (χ2n) is 4.70. The molecule has 0 spiro atoms. The topological polar surface area (TPSA) is 24.5 Å². The summed E-state index contributed by atoms with van der Waals surface area (Å²) in [5, 5.41) is 3.52. The highest BCUT2D eigenvalue weighted by Crippen LogP contribution is 2.04. The number of likely N-dealkylation sites (N-methyl/N-ethyl adjacent to an activating group) is 1. The van der Waals surface area contributed by atoms with E-state index in [4.69, 9.17) is 4.74 Å². The van der Waals surface area contributed by atoms with Crippen molar-refractivity contribution in [2.24, 2.45) is 5.92 Å². The first-order valence-corrected chi connectivity index (χ1v) is 5.63. The van der Waals surface area contributed by atoms with Crippen molar-refractivity contribution < 1.29 is 4.74 Å². The lowest BCUT2D eigenvalue weighted by Crippen LogP contribution is -2.47. The van der Waals surface area contributed by atoms with Gasteiger partial charge in [0.15, 0.2) is 0 Å². The fourth-order valence-electron chi connectivity index (χ4n) is 1.54. The van der Waals surface area contributed by atoms with E-state index in [1.165, 1.54) is 0 Å². The van der Waals surface area contributed by atoms with Gasteiger partial charge in [0.05, 0.1) is 12.7 Å². The first-order chi connectivity index (χ1) is 6.59. The molecule has 3 heteroatoms. The number of nitrogens with zero attached hydrogens (tertiary/aromatic N) is 1. The zero-order valence-corrected chi connectivity index (χ0v) is 9.92. The molecule has 1 aliphatic heterocycles. The van der Waals surface area contributed by atoms with E-state index in [-0.39, 0.29) is 0 Å². The van der Waals surface area contributed by atoms with Crippen LogP contribution in [0.5, 0.6) is 0 Å². The Morgan fingerprint density at radius 3 is 2.71 bits per heavy atom. The predicted octanol–water partition coefficient (Wildman–Crippen LogP) is 0.951. The molecule has 0 aliphatic carbocycles. The van der Waals surface area contributed by atoms with Gasteiger partial charge in [-0.05, 0) is 19.9 Å². The van der Waals surface area contributed by atoms with Gasteiger partial charge in [0, 0.05) is 25.7 Å². The van der Waals surface area contributed by atoms with E-state index in [0.717, 1.165) is 26.2 Å². The molecule has 1 heterocycles. The summed E-state index contributed by atoms with van der Waals surface area (Å²) in [6.07, 6.45) is 0.370. The number of ether oxygens (including phenoxy) is 1. The Hall–Kier alpha value is -0.120. The average molecular weight is 200 g/mol. The maximum atomic E-state index is 5.67. The van der Waals surface area contributed by atoms with Crippen molar-refractivity contribution in [1.82, 2.24) is 10.2 Å². The zero-order valence-electron chi connectivity index (χ0n) is 9.92. The number of hydrogen-bond acceptors (Lipinski definition) is 3. The number of nitrogens with one attached hydrogen (secondary N) is 1. The van der Waals surface area contributed by atoms with E-state index >= 15 is 0 Å². The molecule has 0 aromatic carbocycles. The van der Waals surface area contributed by atoms with E-state index in [1.807, 2.05) is 0 Å². The minimum Gasteiger partial charge on any atom is -0.374 e. The molecular formula is C11H24N2O. The lowest BCUT2D eigenvalue weighted by atomic mass is 10.1. The molecule has 0 bridgehead atoms. The quantitative estimate of drug-likeness (QED) is 0.731. The molecule has 0 amide bonds. The van der Waals surface area contributed by atoms with Crippen LogP contribution in [0.1, 0.15) is 20.8 Å². The van der Waals surface area contributed by atoms with Gasteiger partial charge >= 0.3 is 0 Å². The van der Waals surface area contributed by atoms with Crippen molar-refractivity contribution in [3.05, 3.63) is 0 Å². The van der Waals surface area contributed by atoms with Crippen LogP contribution >= 0.6 is 0 Å². The molecule has 1 fully saturated rings. The van der Waals surface area contributed by atoms with Gasteiger partial charge in [-0.2, -0.15) is 0 Å². The van der Waals surface area contributed by atoms with Gasteiger partial charge in [-0.15, -0.1) is 0 Å². The molecule has 1 rings (SSSR count). The van der Waals surface area contributed by atoms with E-state index in [2.05, 4.69) is 38.0 Å². The van der Waals surface area contributed by atoms with Crippen LogP contribution in [-0.2, 0) is 4.74 Å². The standard InChI is InChI=1S/C11H24N2O/c1-9(2)10(3)12-7-11-8-13(4)5-6-14-11/h9-12H,5-8H2,1-4H3/t10-,11+/m1/s1. The largest absolute Gasteiger partial charge is 0.374 e. The molecule has 3 nitrogen and oxygen atoms in total. The summed E-state index contributed by atoms with van der Waals surface area (Å²) in [5.74, 6) is 0.691. The molecule has 0 unspecified atom stereocenters. The summed E-state index contributed by atoms with van der Waals surface area (Å²) in [7, 11) is 2.15. The Kier molecular flexibility index (Phi) is 4.85. The molecular weight excluding hydrogens is 176 g/mol. The van der Waals surface area contributed by atoms with Gasteiger partial charge < -0.3 is 15.0 Å². The van der Waals surface area contributed by atoms with Gasteiger partial charge in [0.25, 0.3) is 0 Å². The first kappa shape index (κ1) is 12.0. The molecule has 0 radical (unpaired) electrons. The van der Waals surface area contributed by atoms with E-state index in [9.17, 15) is 0 Å². The lowest BCUT2D eigenvalue weighted by Gasteiger charge is -2.31. The molecule has 1 saturated heterocycles. The number of morpholine rings is 1. The molecule has 1 N–H and O–H groups in total. The Morgan fingerprint density at radius 1 is 1.43 bits per heavy atom. The maximum Gasteiger partial charge on any atom is 0.0826 e. The third-order valence-corrected chi connectivity index (χ3v) is 3.01. The summed E-state index contributed by atoms with van der Waals surface area (Å²) in [6, 6.07) is 0.575. The van der Waals surface area contributed by atoms with Gasteiger partial charge in [0.1, 0.15) is 0 Å². The van der Waals surface area contributed by atoms with Crippen molar-refractivity contribution in [2.75, 3.05) is 33.3 Å². The third-order valence-electron chi connectivity index (χ3n) is 3.01. The highest BCUT2D eigenvalue weighted by molar-refractivity contribution is 4.74. The van der Waals surface area contributed by atoms with Crippen molar-refractivity contribution >= 4 is 0 Å². The summed E-state index contributed by atoms with van der Waals surface area (Å²) >= 11 is 0. The predicted molar refractivity (Wildman–Crippen MR) is 59.5 cm³/mol. The summed E-state index contributed by atoms with van der Waals surface area (Å²) < 4.78 is 5.67. The molecule has 1 aliphatic rings. The first-order valence-electron chi connectivity index (χ1n) is 5.63. The molecule has 84 valence electrons. The Bertz CT molecular complexity index is 161. The summed E-state index contributed by atoms with van der Waals surface area (Å²) in [5.41, 5.74) is 0. The third kappa shape index (κ3) is 3.95. The Labute approximate surface area is 87.8 Å². The van der Waals surface area contributed by atoms with E-state index in [1.54, 1.807) is 0 Å². The van der Waals surface area contributed by atoms with Gasteiger partial charge in [-0.25, -0.2) is 0 Å². The number of hydrogen-bond donors (Lipinski definition) is 1. The van der Waals surface area contributed by atoms with Crippen molar-refractivity contribution in [3.63, 3.8) is 0 Å². The molecule has 0 aromatic heterocycles. The van der Waals surface area contributed by atoms with E-state index < -0.39 is 0 Å². The monoisotopic (exact) mass is 200 g/mol. The summed E-state index contributed by atoms with van der Waals surface area (Å²) in [6.45, 7) is 10.7. The smallest absolute Gasteiger partial charge is 0.0826 e. The van der Waals surface area contributed by atoms with Gasteiger partial charge in [-0.3, -0.25) is 0 Å². The maximum absolute atomic E-state index is 5.67. The molecule has 0 aromatic rings. The van der Waals surface area contributed by atoms with Crippen molar-refractivity contribution in [1.29, 1.82) is 0 Å². The normalized spacial score (nSPS) is 26.8. The van der Waals surface area contributed by atoms with Crippen molar-refractivity contribution in [3.8, 4) is 0 Å². The van der Waals surface area contributed by atoms with Crippen LogP contribution in [0.15, 0.2) is 0 Å². The summed E-state index contributed by atoms with van der Waals surface area (Å²) in [4.78, 5) is 2.33. The van der Waals surface area contributed by atoms with Crippen molar-refractivity contribution in [2.45, 2.75) is 32.9 Å². The Balaban J connectivity index is 2.17. The van der Waals surface area contributed by atoms with Crippen LogP contribution in [0.25, 0.3) is 0 Å². The minimum atomic E-state index is 0.370. The van der Waals surface area contributed by atoms with Crippen LogP contribution < -0.4 is 5.32 Å². The number of rotatable bonds is 4. The van der Waals surface area contributed by atoms with E-state index in [0.29, 0.717) is 18.1 Å². The second kappa shape index (κ2) is 5.69. The van der Waals surface area contributed by atoms with Crippen LogP contribution in [0.2, 0.25) is 0 Å². The SMILES string of the molecule is CC(C)[C@@H](C)NC[C@H]1CN(C)CCO1. The Morgan fingerprint density at radius 2 is 2.14 bits per heavy atom. The highest BCUT2D eigenvalue weighted by atomic mass is 16.5. The zero-order chi connectivity index (χ0) is 10.6. The van der Waals surface area contributed by atoms with Crippen LogP contribution in [-0.4, -0.2) is 50.3 Å². The highest BCUT2D eigenvalue weighted by Gasteiger charge is 2.18. The second-order valence-corrected chi connectivity index (χ2v) is 4.70. The van der Waals surface area contributed by atoms with Crippen LogP contribution in [0.3, 0.4) is 0 Å². The fourth-order valence-corrected chi connectivity index (χ4v) is 1.54. The minimum absolute atomic E-state index is 0.370.